The molecule has 16 bridgehead atoms. The lowest BCUT2D eigenvalue weighted by molar-refractivity contribution is 1.19. The van der Waals surface area contributed by atoms with E-state index in [1.807, 2.05) is 146 Å². The number of rotatable bonds is 1. The first-order valence-corrected chi connectivity index (χ1v) is 26.1. The molecule has 16 nitrogen and oxygen atoms in total. The zero-order valence-corrected chi connectivity index (χ0v) is 41.7. The SMILES string of the molecule is c1ccc2c(c1)-c1nc-2nc2[nH]c(nc3nc(nc4[nH]c(n1)c1ccccc41)-c1ccc(-c4ccc5c(c4)-c4nc-5nc5[nH]c(nc6nc(nc7[nH]c(n4)c4ccccc74)-c4ccccc4-6)c4ccccc54)cc1-3)c1ccccc21. The van der Waals surface area contributed by atoms with Crippen LogP contribution in [0.5, 0.6) is 0 Å². The average molecular weight is 1030 g/mol. The van der Waals surface area contributed by atoms with Crippen LogP contribution in [-0.2, 0) is 0 Å². The van der Waals surface area contributed by atoms with E-state index in [1.54, 1.807) is 0 Å². The van der Waals surface area contributed by atoms with Gasteiger partial charge in [0.15, 0.2) is 46.6 Å². The number of benzene rings is 8. The molecule has 80 heavy (non-hydrogen) atoms. The van der Waals surface area contributed by atoms with Crippen molar-refractivity contribution in [3.63, 3.8) is 0 Å². The molecular weight excluding hydrogens is 993 g/mol. The predicted octanol–water partition coefficient (Wildman–Crippen LogP) is 13.7. The van der Waals surface area contributed by atoms with Gasteiger partial charge in [-0.3, -0.25) is 0 Å². The van der Waals surface area contributed by atoms with Crippen LogP contribution in [0.3, 0.4) is 0 Å². The minimum atomic E-state index is 0.494. The minimum absolute atomic E-state index is 0.494. The molecule has 14 aromatic rings. The highest BCUT2D eigenvalue weighted by Gasteiger charge is 2.26. The molecule has 0 fully saturated rings. The molecule has 6 aromatic heterocycles. The van der Waals surface area contributed by atoms with Gasteiger partial charge in [-0.05, 0) is 35.4 Å². The van der Waals surface area contributed by atoms with Gasteiger partial charge in [0.25, 0.3) is 0 Å². The van der Waals surface area contributed by atoms with E-state index < -0.39 is 0 Å². The fourth-order valence-corrected chi connectivity index (χ4v) is 11.6. The number of nitrogens with one attached hydrogen (secondary N) is 4. The van der Waals surface area contributed by atoms with Gasteiger partial charge in [0.05, 0.1) is 0 Å². The third-order valence-corrected chi connectivity index (χ3v) is 15.4. The van der Waals surface area contributed by atoms with Crippen molar-refractivity contribution in [2.45, 2.75) is 0 Å². The Balaban J connectivity index is 0.861. The third kappa shape index (κ3) is 6.31. The lowest BCUT2D eigenvalue weighted by Crippen LogP contribution is -1.87. The Morgan fingerprint density at radius 2 is 0.362 bits per heavy atom. The second-order valence-corrected chi connectivity index (χ2v) is 20.0. The van der Waals surface area contributed by atoms with Crippen LogP contribution in [-0.4, -0.2) is 79.7 Å². The van der Waals surface area contributed by atoms with E-state index in [0.29, 0.717) is 91.8 Å². The second-order valence-electron chi connectivity index (χ2n) is 20.0. The highest BCUT2D eigenvalue weighted by atomic mass is 15.1. The average Bonchev–Trinajstić information content (AvgIpc) is 4.51. The van der Waals surface area contributed by atoms with E-state index in [1.165, 1.54) is 0 Å². The van der Waals surface area contributed by atoms with Crippen LogP contribution in [0.1, 0.15) is 0 Å². The van der Waals surface area contributed by atoms with Gasteiger partial charge in [-0.25, -0.2) is 59.8 Å². The number of H-pyrrole nitrogens is 4. The van der Waals surface area contributed by atoms with Gasteiger partial charge in [0.2, 0.25) is 0 Å². The first kappa shape index (κ1) is 42.7. The summed E-state index contributed by atoms with van der Waals surface area (Å²) < 4.78 is 0. The van der Waals surface area contributed by atoms with Crippen LogP contribution in [0, 0.1) is 0 Å². The number of nitrogens with zero attached hydrogens (tertiary/aromatic N) is 12. The summed E-state index contributed by atoms with van der Waals surface area (Å²) in [5, 5.41) is 7.17. The molecule has 0 aliphatic carbocycles. The van der Waals surface area contributed by atoms with Crippen LogP contribution in [0.2, 0.25) is 0 Å². The van der Waals surface area contributed by atoms with Crippen LogP contribution in [0.25, 0.3) is 190 Å². The van der Waals surface area contributed by atoms with Crippen molar-refractivity contribution in [1.82, 2.24) is 79.7 Å². The fraction of sp³-hybridized carbons (Fsp3) is 0. The zero-order chi connectivity index (χ0) is 52.2. The van der Waals surface area contributed by atoms with Gasteiger partial charge in [-0.15, -0.1) is 0 Å². The van der Waals surface area contributed by atoms with Crippen LogP contribution in [0.4, 0.5) is 0 Å². The van der Waals surface area contributed by atoms with Crippen molar-refractivity contribution < 1.29 is 0 Å². The molecule has 0 radical (unpaired) electrons. The molecule has 0 unspecified atom stereocenters. The molecular formula is C64H34N16. The lowest BCUT2D eigenvalue weighted by atomic mass is 9.96. The normalized spacial score (nSPS) is 12.2. The molecule has 0 saturated heterocycles. The summed E-state index contributed by atoms with van der Waals surface area (Å²) in [6.45, 7) is 0. The predicted molar refractivity (Wildman–Crippen MR) is 311 cm³/mol. The van der Waals surface area contributed by atoms with Crippen LogP contribution >= 0.6 is 0 Å². The molecule has 4 N–H and O–H groups in total. The topological polar surface area (TPSA) is 218 Å². The van der Waals surface area contributed by atoms with E-state index in [0.717, 1.165) is 98.7 Å². The third-order valence-electron chi connectivity index (χ3n) is 15.4. The highest BCUT2D eigenvalue weighted by Crippen LogP contribution is 2.43. The van der Waals surface area contributed by atoms with E-state index in [4.69, 9.17) is 59.8 Å². The molecule has 0 saturated carbocycles. The number of fused-ring (bicyclic) bond motifs is 40. The van der Waals surface area contributed by atoms with Crippen molar-refractivity contribution in [3.8, 4) is 102 Å². The van der Waals surface area contributed by atoms with Gasteiger partial charge in [-0.1, -0.05) is 158 Å². The Bertz CT molecular complexity index is 5130. The number of hydrogen-bond donors (Lipinski definition) is 4. The van der Waals surface area contributed by atoms with Crippen molar-refractivity contribution in [3.05, 3.63) is 182 Å². The smallest absolute Gasteiger partial charge is 0.164 e. The maximum absolute atomic E-state index is 5.33. The number of hydrogen-bond acceptors (Lipinski definition) is 12. The summed E-state index contributed by atoms with van der Waals surface area (Å²) in [4.78, 5) is 76.6. The Morgan fingerprint density at radius 1 is 0.175 bits per heavy atom. The maximum Gasteiger partial charge on any atom is 0.164 e. The standard InChI is InChI=1S/C64H34N16/c1-3-15-35-33(13-1)49-65-51(35)69-55-41-21-9-11-23-43(41)59(73-55)77-63-47-29-31(25-27-45(47)61(79-63)75-57-39-19-7-5-17-37(39)53(67-49)71-57)32-26-28-46-48(30-32)64-78-60-44-24-12-10-22-42(44)56(74-60)70-52-36-16-4-2-14-34(36)50(66-52)68-54-38-18-6-8-20-40(38)58(72-54)76-62(46)80-64/h1-30H,(H2,65,67,69,71,73,75,77,79)(H2,66,68,70,72,74,76,78,80). The monoisotopic (exact) mass is 1030 g/mol. The second kappa shape index (κ2) is 16.0. The van der Waals surface area contributed by atoms with Crippen molar-refractivity contribution >= 4 is 88.3 Å². The molecule has 0 spiro atoms. The van der Waals surface area contributed by atoms with Gasteiger partial charge >= 0.3 is 0 Å². The van der Waals surface area contributed by atoms with Crippen molar-refractivity contribution in [1.29, 1.82) is 0 Å². The first-order chi connectivity index (χ1) is 39.6. The lowest BCUT2D eigenvalue weighted by Gasteiger charge is -2.07. The number of aromatic nitrogens is 16. The van der Waals surface area contributed by atoms with E-state index in [-0.39, 0.29) is 0 Å². The molecule has 10 heterocycles. The van der Waals surface area contributed by atoms with Gasteiger partial charge < -0.3 is 19.9 Å². The van der Waals surface area contributed by atoms with Gasteiger partial charge in [0, 0.05) is 87.6 Å². The Morgan fingerprint density at radius 3 is 0.588 bits per heavy atom. The Hall–Kier alpha value is -11.5. The summed E-state index contributed by atoms with van der Waals surface area (Å²) in [5.74, 6) is 4.22. The molecule has 0 amide bonds. The van der Waals surface area contributed by atoms with Crippen molar-refractivity contribution in [2.75, 3.05) is 0 Å². The fourth-order valence-electron chi connectivity index (χ4n) is 11.6. The molecule has 370 valence electrons. The highest BCUT2D eigenvalue weighted by molar-refractivity contribution is 6.08. The summed E-state index contributed by atoms with van der Waals surface area (Å²) in [5.41, 5.74) is 13.6. The quantitative estimate of drug-likeness (QED) is 0.121. The molecule has 18 rings (SSSR count). The molecule has 8 aromatic carbocycles. The molecule has 4 aliphatic rings. The Labute approximate surface area is 450 Å². The van der Waals surface area contributed by atoms with Gasteiger partial charge in [0.1, 0.15) is 45.2 Å². The molecule has 0 atom stereocenters. The molecule has 4 aliphatic heterocycles. The van der Waals surface area contributed by atoms with Crippen LogP contribution < -0.4 is 0 Å². The van der Waals surface area contributed by atoms with E-state index in [9.17, 15) is 0 Å². The summed E-state index contributed by atoms with van der Waals surface area (Å²) in [6.07, 6.45) is 0. The maximum atomic E-state index is 5.33. The minimum Gasteiger partial charge on any atom is -0.324 e. The van der Waals surface area contributed by atoms with Crippen molar-refractivity contribution in [2.24, 2.45) is 0 Å². The molecule has 16 heteroatoms. The Kier molecular flexibility index (Phi) is 8.54. The summed E-state index contributed by atoms with van der Waals surface area (Å²) >= 11 is 0. The largest absolute Gasteiger partial charge is 0.324 e. The summed E-state index contributed by atoms with van der Waals surface area (Å²) in [7, 11) is 0. The van der Waals surface area contributed by atoms with Crippen LogP contribution in [0.15, 0.2) is 182 Å². The summed E-state index contributed by atoms with van der Waals surface area (Å²) in [6, 6.07) is 61.0. The van der Waals surface area contributed by atoms with Gasteiger partial charge in [-0.2, -0.15) is 0 Å². The number of aromatic amines is 4. The van der Waals surface area contributed by atoms with E-state index in [2.05, 4.69) is 56.3 Å². The van der Waals surface area contributed by atoms with E-state index >= 15 is 0 Å². The zero-order valence-electron chi connectivity index (χ0n) is 41.7. The first-order valence-electron chi connectivity index (χ1n) is 26.1.